The fourth-order valence-corrected chi connectivity index (χ4v) is 3.09. The molecule has 0 bridgehead atoms. The molecule has 2 aliphatic rings. The van der Waals surface area contributed by atoms with Gasteiger partial charge in [0.25, 0.3) is 0 Å². The number of aromatic nitrogens is 2. The molecular formula is C18H22N4O3. The molecule has 4 rings (SSSR count). The van der Waals surface area contributed by atoms with E-state index in [1.807, 2.05) is 18.2 Å². The van der Waals surface area contributed by atoms with Crippen LogP contribution in [0.15, 0.2) is 30.3 Å². The molecule has 3 heterocycles. The normalized spacial score (nSPS) is 18.4. The smallest absolute Gasteiger partial charge is 0.228 e. The van der Waals surface area contributed by atoms with Gasteiger partial charge in [-0.25, -0.2) is 4.98 Å². The quantitative estimate of drug-likeness (QED) is 0.907. The Morgan fingerprint density at radius 2 is 1.52 bits per heavy atom. The van der Waals surface area contributed by atoms with Crippen molar-refractivity contribution in [3.05, 3.63) is 30.3 Å². The van der Waals surface area contributed by atoms with E-state index in [1.54, 1.807) is 12.1 Å². The predicted molar refractivity (Wildman–Crippen MR) is 95.2 cm³/mol. The topological polar surface area (TPSA) is 71.0 Å². The molecule has 0 unspecified atom stereocenters. The van der Waals surface area contributed by atoms with Crippen LogP contribution >= 0.6 is 0 Å². The SMILES string of the molecule is Oc1cccc(-c2cc(N3CCOCC3)nc(N3CCOCC3)n2)c1. The summed E-state index contributed by atoms with van der Waals surface area (Å²) in [5.74, 6) is 1.85. The second kappa shape index (κ2) is 7.25. The second-order valence-corrected chi connectivity index (χ2v) is 6.16. The zero-order valence-corrected chi connectivity index (χ0v) is 14.1. The lowest BCUT2D eigenvalue weighted by Gasteiger charge is -2.31. The number of phenols is 1. The fraction of sp³-hybridized carbons (Fsp3) is 0.444. The molecule has 1 aromatic carbocycles. The van der Waals surface area contributed by atoms with Gasteiger partial charge in [0.05, 0.1) is 32.1 Å². The van der Waals surface area contributed by atoms with Crippen molar-refractivity contribution < 1.29 is 14.6 Å². The van der Waals surface area contributed by atoms with Crippen LogP contribution < -0.4 is 9.80 Å². The van der Waals surface area contributed by atoms with E-state index in [9.17, 15) is 5.11 Å². The van der Waals surface area contributed by atoms with Gasteiger partial charge >= 0.3 is 0 Å². The van der Waals surface area contributed by atoms with Crippen LogP contribution in [0.25, 0.3) is 11.3 Å². The van der Waals surface area contributed by atoms with Crippen LogP contribution in [-0.4, -0.2) is 67.7 Å². The van der Waals surface area contributed by atoms with Gasteiger partial charge in [-0.15, -0.1) is 0 Å². The highest BCUT2D eigenvalue weighted by Crippen LogP contribution is 2.27. The number of nitrogens with zero attached hydrogens (tertiary/aromatic N) is 4. The number of hydrogen-bond donors (Lipinski definition) is 1. The van der Waals surface area contributed by atoms with Crippen LogP contribution in [0.1, 0.15) is 0 Å². The van der Waals surface area contributed by atoms with Gasteiger partial charge in [0.1, 0.15) is 11.6 Å². The monoisotopic (exact) mass is 342 g/mol. The van der Waals surface area contributed by atoms with Gasteiger partial charge in [-0.3, -0.25) is 0 Å². The Hall–Kier alpha value is -2.38. The fourth-order valence-electron chi connectivity index (χ4n) is 3.09. The molecule has 0 amide bonds. The van der Waals surface area contributed by atoms with Crippen molar-refractivity contribution in [1.29, 1.82) is 0 Å². The molecule has 0 atom stereocenters. The molecule has 1 N–H and O–H groups in total. The van der Waals surface area contributed by atoms with E-state index in [0.717, 1.165) is 43.3 Å². The summed E-state index contributed by atoms with van der Waals surface area (Å²) in [7, 11) is 0. The van der Waals surface area contributed by atoms with Crippen molar-refractivity contribution in [2.75, 3.05) is 62.4 Å². The molecule has 0 radical (unpaired) electrons. The summed E-state index contributed by atoms with van der Waals surface area (Å²) in [6, 6.07) is 9.17. The first-order valence-electron chi connectivity index (χ1n) is 8.63. The first kappa shape index (κ1) is 16.1. The third-order valence-electron chi connectivity index (χ3n) is 4.47. The average Bonchev–Trinajstić information content (AvgIpc) is 2.69. The lowest BCUT2D eigenvalue weighted by Crippen LogP contribution is -2.39. The van der Waals surface area contributed by atoms with E-state index in [-0.39, 0.29) is 5.75 Å². The predicted octanol–water partition coefficient (Wildman–Crippen LogP) is 1.52. The van der Waals surface area contributed by atoms with Crippen molar-refractivity contribution in [3.63, 3.8) is 0 Å². The highest BCUT2D eigenvalue weighted by Gasteiger charge is 2.20. The molecule has 132 valence electrons. The van der Waals surface area contributed by atoms with Gasteiger partial charge in [-0.1, -0.05) is 12.1 Å². The van der Waals surface area contributed by atoms with E-state index in [0.29, 0.717) is 32.4 Å². The van der Waals surface area contributed by atoms with Gasteiger partial charge < -0.3 is 24.4 Å². The molecule has 0 aliphatic carbocycles. The first-order chi connectivity index (χ1) is 12.3. The number of phenolic OH excluding ortho intramolecular Hbond substituents is 1. The highest BCUT2D eigenvalue weighted by molar-refractivity contribution is 5.66. The van der Waals surface area contributed by atoms with Crippen molar-refractivity contribution >= 4 is 11.8 Å². The lowest BCUT2D eigenvalue weighted by molar-refractivity contribution is 0.121. The van der Waals surface area contributed by atoms with Crippen molar-refractivity contribution in [1.82, 2.24) is 9.97 Å². The Morgan fingerprint density at radius 3 is 2.20 bits per heavy atom. The maximum atomic E-state index is 9.81. The second-order valence-electron chi connectivity index (χ2n) is 6.16. The van der Waals surface area contributed by atoms with E-state index < -0.39 is 0 Å². The zero-order chi connectivity index (χ0) is 17.1. The van der Waals surface area contributed by atoms with Crippen LogP contribution in [0, 0.1) is 0 Å². The number of hydrogen-bond acceptors (Lipinski definition) is 7. The number of rotatable bonds is 3. The van der Waals surface area contributed by atoms with Crippen LogP contribution in [0.5, 0.6) is 5.75 Å². The summed E-state index contributed by atoms with van der Waals surface area (Å²) in [6.07, 6.45) is 0. The minimum Gasteiger partial charge on any atom is -0.508 e. The summed E-state index contributed by atoms with van der Waals surface area (Å²) in [6.45, 7) is 5.99. The summed E-state index contributed by atoms with van der Waals surface area (Å²) < 4.78 is 10.9. The van der Waals surface area contributed by atoms with E-state index >= 15 is 0 Å². The van der Waals surface area contributed by atoms with E-state index in [1.165, 1.54) is 0 Å². The van der Waals surface area contributed by atoms with Gasteiger partial charge in [0.15, 0.2) is 0 Å². The van der Waals surface area contributed by atoms with Crippen LogP contribution in [0.3, 0.4) is 0 Å². The maximum absolute atomic E-state index is 9.81. The maximum Gasteiger partial charge on any atom is 0.228 e. The number of morpholine rings is 2. The van der Waals surface area contributed by atoms with Crippen LogP contribution in [-0.2, 0) is 9.47 Å². The molecule has 25 heavy (non-hydrogen) atoms. The van der Waals surface area contributed by atoms with Crippen LogP contribution in [0.2, 0.25) is 0 Å². The van der Waals surface area contributed by atoms with E-state index in [4.69, 9.17) is 19.4 Å². The third kappa shape index (κ3) is 3.67. The molecule has 7 nitrogen and oxygen atoms in total. The number of anilines is 2. The van der Waals surface area contributed by atoms with Gasteiger partial charge in [0.2, 0.25) is 5.95 Å². The molecule has 2 aliphatic heterocycles. The molecule has 2 fully saturated rings. The Kier molecular flexibility index (Phi) is 4.67. The first-order valence-corrected chi connectivity index (χ1v) is 8.63. The van der Waals surface area contributed by atoms with Gasteiger partial charge in [-0.2, -0.15) is 4.98 Å². The molecular weight excluding hydrogens is 320 g/mol. The minimum atomic E-state index is 0.233. The van der Waals surface area contributed by atoms with Crippen LogP contribution in [0.4, 0.5) is 11.8 Å². The lowest BCUT2D eigenvalue weighted by atomic mass is 10.1. The number of benzene rings is 1. The van der Waals surface area contributed by atoms with E-state index in [2.05, 4.69) is 9.80 Å². The Bertz CT molecular complexity index is 692. The Balaban J connectivity index is 1.73. The van der Waals surface area contributed by atoms with Gasteiger partial charge in [-0.05, 0) is 12.1 Å². The molecule has 7 heteroatoms. The molecule has 0 spiro atoms. The van der Waals surface area contributed by atoms with Crippen molar-refractivity contribution in [2.45, 2.75) is 0 Å². The Morgan fingerprint density at radius 1 is 0.840 bits per heavy atom. The minimum absolute atomic E-state index is 0.233. The summed E-state index contributed by atoms with van der Waals surface area (Å²) in [5.41, 5.74) is 1.69. The third-order valence-corrected chi connectivity index (χ3v) is 4.47. The van der Waals surface area contributed by atoms with Crippen molar-refractivity contribution in [2.24, 2.45) is 0 Å². The van der Waals surface area contributed by atoms with Gasteiger partial charge in [0, 0.05) is 37.8 Å². The van der Waals surface area contributed by atoms with Crippen molar-refractivity contribution in [3.8, 4) is 17.0 Å². The summed E-state index contributed by atoms with van der Waals surface area (Å²) in [5, 5.41) is 9.81. The highest BCUT2D eigenvalue weighted by atomic mass is 16.5. The molecule has 1 aromatic heterocycles. The largest absolute Gasteiger partial charge is 0.508 e. The summed E-state index contributed by atoms with van der Waals surface area (Å²) >= 11 is 0. The zero-order valence-electron chi connectivity index (χ0n) is 14.1. The standard InChI is InChI=1S/C18H22N4O3/c23-15-3-1-2-14(12-15)16-13-17(21-4-8-24-9-5-21)20-18(19-16)22-6-10-25-11-7-22/h1-3,12-13,23H,4-11H2. The summed E-state index contributed by atoms with van der Waals surface area (Å²) in [4.78, 5) is 13.9. The number of ether oxygens (including phenoxy) is 2. The number of aromatic hydroxyl groups is 1. The Labute approximate surface area is 146 Å². The average molecular weight is 342 g/mol. The molecule has 2 saturated heterocycles. The molecule has 0 saturated carbocycles. The molecule has 2 aromatic rings.